The van der Waals surface area contributed by atoms with Crippen LogP contribution in [0.25, 0.3) is 0 Å². The SMILES string of the molecule is CCC=C(C)CN1CCC(CNC(=O)c2ccncn2)C1. The van der Waals surface area contributed by atoms with Gasteiger partial charge < -0.3 is 5.32 Å². The standard InChI is InChI=1S/C16H24N4O/c1-3-4-13(2)10-20-8-6-14(11-20)9-18-16(21)15-5-7-17-12-19-15/h4-5,7,12,14H,3,6,8-11H2,1-2H3,(H,18,21). The third-order valence-corrected chi connectivity index (χ3v) is 3.76. The maximum absolute atomic E-state index is 11.9. The van der Waals surface area contributed by atoms with E-state index >= 15 is 0 Å². The molecule has 1 aromatic rings. The second-order valence-corrected chi connectivity index (χ2v) is 5.65. The van der Waals surface area contributed by atoms with Crippen molar-refractivity contribution in [3.05, 3.63) is 35.9 Å². The Labute approximate surface area is 126 Å². The molecule has 0 aromatic carbocycles. The molecule has 5 nitrogen and oxygen atoms in total. The van der Waals surface area contributed by atoms with Crippen molar-refractivity contribution >= 4 is 5.91 Å². The quantitative estimate of drug-likeness (QED) is 0.812. The molecule has 21 heavy (non-hydrogen) atoms. The van der Waals surface area contributed by atoms with Crippen LogP contribution in [-0.2, 0) is 0 Å². The number of allylic oxidation sites excluding steroid dienone is 1. The Bertz CT molecular complexity index is 486. The monoisotopic (exact) mass is 288 g/mol. The number of carbonyl (C=O) groups is 1. The molecule has 1 aliphatic rings. The summed E-state index contributed by atoms with van der Waals surface area (Å²) in [5, 5.41) is 2.97. The van der Waals surface area contributed by atoms with E-state index in [4.69, 9.17) is 0 Å². The molecule has 1 fully saturated rings. The van der Waals surface area contributed by atoms with E-state index in [2.05, 4.69) is 40.1 Å². The number of carbonyl (C=O) groups excluding carboxylic acids is 1. The third kappa shape index (κ3) is 4.93. The lowest BCUT2D eigenvalue weighted by Crippen LogP contribution is -2.31. The van der Waals surface area contributed by atoms with Crippen LogP contribution in [0.2, 0.25) is 0 Å². The fraction of sp³-hybridized carbons (Fsp3) is 0.562. The van der Waals surface area contributed by atoms with Crippen LogP contribution in [0.4, 0.5) is 0 Å². The summed E-state index contributed by atoms with van der Waals surface area (Å²) in [5.74, 6) is 0.420. The molecule has 1 aliphatic heterocycles. The van der Waals surface area contributed by atoms with E-state index in [9.17, 15) is 4.79 Å². The van der Waals surface area contributed by atoms with Crippen molar-refractivity contribution in [1.82, 2.24) is 20.2 Å². The van der Waals surface area contributed by atoms with Gasteiger partial charge in [-0.25, -0.2) is 9.97 Å². The molecule has 1 amide bonds. The Morgan fingerprint density at radius 3 is 3.14 bits per heavy atom. The Balaban J connectivity index is 1.73. The van der Waals surface area contributed by atoms with E-state index in [0.29, 0.717) is 11.6 Å². The maximum atomic E-state index is 11.9. The molecule has 114 valence electrons. The Morgan fingerprint density at radius 2 is 2.43 bits per heavy atom. The first-order chi connectivity index (χ1) is 10.2. The first kappa shape index (κ1) is 15.6. The van der Waals surface area contributed by atoms with Crippen molar-refractivity contribution in [3.8, 4) is 0 Å². The van der Waals surface area contributed by atoms with E-state index in [0.717, 1.165) is 39.0 Å². The zero-order valence-electron chi connectivity index (χ0n) is 12.9. The highest BCUT2D eigenvalue weighted by molar-refractivity contribution is 5.92. The maximum Gasteiger partial charge on any atom is 0.270 e. The van der Waals surface area contributed by atoms with Crippen molar-refractivity contribution in [2.24, 2.45) is 5.92 Å². The van der Waals surface area contributed by atoms with Gasteiger partial charge >= 0.3 is 0 Å². The minimum Gasteiger partial charge on any atom is -0.350 e. The van der Waals surface area contributed by atoms with Crippen molar-refractivity contribution < 1.29 is 4.79 Å². The zero-order valence-corrected chi connectivity index (χ0v) is 12.9. The van der Waals surface area contributed by atoms with Gasteiger partial charge in [0.25, 0.3) is 5.91 Å². The van der Waals surface area contributed by atoms with Crippen LogP contribution in [0.1, 0.15) is 37.2 Å². The van der Waals surface area contributed by atoms with Gasteiger partial charge in [-0.3, -0.25) is 9.69 Å². The van der Waals surface area contributed by atoms with E-state index in [1.54, 1.807) is 12.3 Å². The van der Waals surface area contributed by atoms with Crippen LogP contribution in [-0.4, -0.2) is 47.0 Å². The summed E-state index contributed by atoms with van der Waals surface area (Å²) in [6.45, 7) is 8.29. The van der Waals surface area contributed by atoms with Crippen molar-refractivity contribution in [2.45, 2.75) is 26.7 Å². The lowest BCUT2D eigenvalue weighted by molar-refractivity contribution is 0.0942. The summed E-state index contributed by atoms with van der Waals surface area (Å²) in [6.07, 6.45) is 7.50. The number of hydrogen-bond donors (Lipinski definition) is 1. The number of nitrogens with zero attached hydrogens (tertiary/aromatic N) is 3. The molecule has 5 heteroatoms. The molecule has 0 bridgehead atoms. The lowest BCUT2D eigenvalue weighted by Gasteiger charge is -2.16. The third-order valence-electron chi connectivity index (χ3n) is 3.76. The molecule has 1 saturated heterocycles. The highest BCUT2D eigenvalue weighted by Gasteiger charge is 2.22. The Kier molecular flexibility index (Phi) is 5.87. The van der Waals surface area contributed by atoms with E-state index in [1.165, 1.54) is 11.9 Å². The van der Waals surface area contributed by atoms with Crippen LogP contribution in [0.5, 0.6) is 0 Å². The number of likely N-dealkylation sites (tertiary alicyclic amines) is 1. The predicted molar refractivity (Wildman–Crippen MR) is 83.0 cm³/mol. The summed E-state index contributed by atoms with van der Waals surface area (Å²) >= 11 is 0. The minimum absolute atomic E-state index is 0.113. The number of aromatic nitrogens is 2. The van der Waals surface area contributed by atoms with Gasteiger partial charge in [-0.15, -0.1) is 0 Å². The average molecular weight is 288 g/mol. The molecule has 2 rings (SSSR count). The smallest absolute Gasteiger partial charge is 0.270 e. The van der Waals surface area contributed by atoms with Gasteiger partial charge in [-0.1, -0.05) is 18.6 Å². The number of hydrogen-bond acceptors (Lipinski definition) is 4. The highest BCUT2D eigenvalue weighted by Crippen LogP contribution is 2.16. The largest absolute Gasteiger partial charge is 0.350 e. The number of rotatable bonds is 6. The number of amides is 1. The van der Waals surface area contributed by atoms with Crippen molar-refractivity contribution in [1.29, 1.82) is 0 Å². The highest BCUT2D eigenvalue weighted by atomic mass is 16.1. The van der Waals surface area contributed by atoms with Gasteiger partial charge in [0.2, 0.25) is 0 Å². The first-order valence-electron chi connectivity index (χ1n) is 7.61. The first-order valence-corrected chi connectivity index (χ1v) is 7.61. The molecule has 2 heterocycles. The summed E-state index contributed by atoms with van der Waals surface area (Å²) in [7, 11) is 0. The molecular weight excluding hydrogens is 264 g/mol. The van der Waals surface area contributed by atoms with Gasteiger partial charge in [0, 0.05) is 25.8 Å². The fourth-order valence-electron chi connectivity index (χ4n) is 2.74. The minimum atomic E-state index is -0.113. The van der Waals surface area contributed by atoms with E-state index in [1.807, 2.05) is 0 Å². The Hall–Kier alpha value is -1.75. The lowest BCUT2D eigenvalue weighted by atomic mass is 10.1. The van der Waals surface area contributed by atoms with E-state index < -0.39 is 0 Å². The normalized spacial score (nSPS) is 19.7. The van der Waals surface area contributed by atoms with Gasteiger partial charge in [0.1, 0.15) is 12.0 Å². The summed E-state index contributed by atoms with van der Waals surface area (Å²) < 4.78 is 0. The van der Waals surface area contributed by atoms with Crippen LogP contribution < -0.4 is 5.32 Å². The van der Waals surface area contributed by atoms with Gasteiger partial charge in [0.15, 0.2) is 0 Å². The Morgan fingerprint density at radius 1 is 1.57 bits per heavy atom. The average Bonchev–Trinajstić information content (AvgIpc) is 2.93. The van der Waals surface area contributed by atoms with E-state index in [-0.39, 0.29) is 5.91 Å². The molecular formula is C16H24N4O. The molecule has 0 aliphatic carbocycles. The number of nitrogens with one attached hydrogen (secondary N) is 1. The van der Waals surface area contributed by atoms with Gasteiger partial charge in [-0.05, 0) is 38.3 Å². The molecule has 1 aromatic heterocycles. The zero-order chi connectivity index (χ0) is 15.1. The fourth-order valence-corrected chi connectivity index (χ4v) is 2.74. The van der Waals surface area contributed by atoms with Crippen LogP contribution in [0.15, 0.2) is 30.2 Å². The molecule has 0 radical (unpaired) electrons. The molecule has 0 spiro atoms. The van der Waals surface area contributed by atoms with Crippen LogP contribution in [0.3, 0.4) is 0 Å². The summed E-state index contributed by atoms with van der Waals surface area (Å²) in [6, 6.07) is 1.63. The van der Waals surface area contributed by atoms with Crippen LogP contribution >= 0.6 is 0 Å². The van der Waals surface area contributed by atoms with Gasteiger partial charge in [-0.2, -0.15) is 0 Å². The topological polar surface area (TPSA) is 58.1 Å². The molecule has 0 saturated carbocycles. The summed E-state index contributed by atoms with van der Waals surface area (Å²) in [4.78, 5) is 22.2. The van der Waals surface area contributed by atoms with Crippen LogP contribution in [0, 0.1) is 5.92 Å². The molecule has 1 atom stereocenters. The summed E-state index contributed by atoms with van der Waals surface area (Å²) in [5.41, 5.74) is 1.87. The van der Waals surface area contributed by atoms with Crippen molar-refractivity contribution in [2.75, 3.05) is 26.2 Å². The predicted octanol–water partition coefficient (Wildman–Crippen LogP) is 1.88. The second kappa shape index (κ2) is 7.88. The second-order valence-electron chi connectivity index (χ2n) is 5.65. The molecule has 1 N–H and O–H groups in total. The van der Waals surface area contributed by atoms with Gasteiger partial charge in [0.05, 0.1) is 0 Å². The molecule has 1 unspecified atom stereocenters. The van der Waals surface area contributed by atoms with Crippen molar-refractivity contribution in [3.63, 3.8) is 0 Å².